The Morgan fingerprint density at radius 2 is 1.84 bits per heavy atom. The number of carbonyl (C=O) groups excluding carboxylic acids is 1. The maximum absolute atomic E-state index is 11.5. The number of nitrogens with zero attached hydrogens (tertiary/aromatic N) is 1. The van der Waals surface area contributed by atoms with E-state index in [9.17, 15) is 4.79 Å². The normalized spacial score (nSPS) is 11.8. The topological polar surface area (TPSA) is 58.4 Å². The smallest absolute Gasteiger partial charge is 0.221 e. The fourth-order valence-electron chi connectivity index (χ4n) is 1.90. The van der Waals surface area contributed by atoms with Crippen molar-refractivity contribution in [1.29, 1.82) is 0 Å². The van der Waals surface area contributed by atoms with Gasteiger partial charge in [0.15, 0.2) is 0 Å². The fourth-order valence-corrected chi connectivity index (χ4v) is 1.90. The van der Waals surface area contributed by atoms with Crippen LogP contribution in [0, 0.1) is 5.92 Å². The molecule has 0 aliphatic carbocycles. The van der Waals surface area contributed by atoms with E-state index in [2.05, 4.69) is 37.2 Å². The molecule has 0 rings (SSSR count). The largest absolute Gasteiger partial charge is 0.354 e. The minimum absolute atomic E-state index is 0. The average Bonchev–Trinajstić information content (AvgIpc) is 2.29. The molecule has 0 aromatic heterocycles. The monoisotopic (exact) mass is 289 g/mol. The number of amides is 1. The Hall–Kier alpha value is -0.840. The van der Waals surface area contributed by atoms with Crippen molar-refractivity contribution >= 4 is 18.3 Å². The van der Waals surface area contributed by atoms with Crippen molar-refractivity contribution in [3.63, 3.8) is 0 Å². The van der Waals surface area contributed by atoms with Crippen LogP contribution in [0.2, 0.25) is 0 Å². The van der Waals surface area contributed by atoms with Gasteiger partial charge in [-0.05, 0) is 5.92 Å². The van der Waals surface area contributed by atoms with Gasteiger partial charge < -0.3 is 11.1 Å². The molecule has 3 N–H and O–H groups in total. The molecule has 0 saturated heterocycles. The molecule has 0 heterocycles. The van der Waals surface area contributed by atoms with Crippen LogP contribution in [0.1, 0.15) is 20.3 Å². The van der Waals surface area contributed by atoms with Gasteiger partial charge >= 0.3 is 0 Å². The van der Waals surface area contributed by atoms with E-state index in [1.807, 2.05) is 12.2 Å². The quantitative estimate of drug-likeness (QED) is 0.600. The van der Waals surface area contributed by atoms with Crippen LogP contribution < -0.4 is 11.1 Å². The molecule has 0 spiro atoms. The van der Waals surface area contributed by atoms with Gasteiger partial charge in [0, 0.05) is 38.6 Å². The highest BCUT2D eigenvalue weighted by atomic mass is 35.5. The predicted molar refractivity (Wildman–Crippen MR) is 84.5 cm³/mol. The first-order valence-corrected chi connectivity index (χ1v) is 6.49. The molecule has 0 aliphatic heterocycles. The van der Waals surface area contributed by atoms with Crippen LogP contribution in [-0.4, -0.2) is 43.0 Å². The van der Waals surface area contributed by atoms with Gasteiger partial charge in [-0.25, -0.2) is 0 Å². The van der Waals surface area contributed by atoms with Crippen molar-refractivity contribution in [2.24, 2.45) is 11.7 Å². The highest BCUT2D eigenvalue weighted by Crippen LogP contribution is 2.10. The maximum Gasteiger partial charge on any atom is 0.221 e. The summed E-state index contributed by atoms with van der Waals surface area (Å²) in [5.74, 6) is 0.461. The van der Waals surface area contributed by atoms with E-state index in [0.29, 0.717) is 25.4 Å². The van der Waals surface area contributed by atoms with Crippen LogP contribution in [0.25, 0.3) is 0 Å². The number of rotatable bonds is 10. The molecular formula is C14H28ClN3O. The molecule has 0 bridgehead atoms. The molecule has 0 radical (unpaired) electrons. The van der Waals surface area contributed by atoms with Crippen molar-refractivity contribution in [2.75, 3.05) is 26.2 Å². The summed E-state index contributed by atoms with van der Waals surface area (Å²) in [5, 5.41) is 2.93. The number of halogens is 1. The zero-order valence-corrected chi connectivity index (χ0v) is 12.9. The van der Waals surface area contributed by atoms with E-state index >= 15 is 0 Å². The van der Waals surface area contributed by atoms with Gasteiger partial charge in [-0.2, -0.15) is 0 Å². The van der Waals surface area contributed by atoms with Crippen LogP contribution in [0.15, 0.2) is 25.3 Å². The Labute approximate surface area is 123 Å². The Balaban J connectivity index is 0. The first-order chi connectivity index (χ1) is 8.56. The molecule has 0 saturated carbocycles. The Bertz CT molecular complexity index is 259. The van der Waals surface area contributed by atoms with Crippen LogP contribution in [0.3, 0.4) is 0 Å². The lowest BCUT2D eigenvalue weighted by Crippen LogP contribution is -2.47. The molecular weight excluding hydrogens is 262 g/mol. The summed E-state index contributed by atoms with van der Waals surface area (Å²) in [5.41, 5.74) is 5.35. The van der Waals surface area contributed by atoms with Gasteiger partial charge in [-0.1, -0.05) is 26.0 Å². The highest BCUT2D eigenvalue weighted by Gasteiger charge is 2.20. The average molecular weight is 290 g/mol. The molecule has 1 atom stereocenters. The fraction of sp³-hybridized carbons (Fsp3) is 0.643. The first-order valence-electron chi connectivity index (χ1n) is 6.49. The second-order valence-electron chi connectivity index (χ2n) is 4.69. The van der Waals surface area contributed by atoms with Crippen LogP contribution in [0.4, 0.5) is 0 Å². The third-order valence-corrected chi connectivity index (χ3v) is 2.85. The first kappa shape index (κ1) is 20.5. The minimum Gasteiger partial charge on any atom is -0.354 e. The van der Waals surface area contributed by atoms with Crippen molar-refractivity contribution in [3.8, 4) is 0 Å². The van der Waals surface area contributed by atoms with Gasteiger partial charge in [-0.3, -0.25) is 9.69 Å². The van der Waals surface area contributed by atoms with Crippen molar-refractivity contribution in [2.45, 2.75) is 26.3 Å². The van der Waals surface area contributed by atoms with Crippen LogP contribution in [-0.2, 0) is 4.79 Å². The van der Waals surface area contributed by atoms with Crippen molar-refractivity contribution in [1.82, 2.24) is 10.2 Å². The molecule has 19 heavy (non-hydrogen) atoms. The zero-order valence-electron chi connectivity index (χ0n) is 12.1. The second-order valence-corrected chi connectivity index (χ2v) is 4.69. The summed E-state index contributed by atoms with van der Waals surface area (Å²) in [6.07, 6.45) is 4.13. The van der Waals surface area contributed by atoms with E-state index < -0.39 is 0 Å². The van der Waals surface area contributed by atoms with E-state index in [-0.39, 0.29) is 24.4 Å². The molecule has 1 amide bonds. The van der Waals surface area contributed by atoms with E-state index in [0.717, 1.165) is 13.1 Å². The van der Waals surface area contributed by atoms with Crippen LogP contribution >= 0.6 is 12.4 Å². The lowest BCUT2D eigenvalue weighted by molar-refractivity contribution is -0.121. The summed E-state index contributed by atoms with van der Waals surface area (Å²) in [4.78, 5) is 13.7. The molecule has 4 nitrogen and oxygen atoms in total. The molecule has 0 aromatic carbocycles. The zero-order chi connectivity index (χ0) is 14.0. The number of nitrogens with one attached hydrogen (secondary N) is 1. The maximum atomic E-state index is 11.5. The second kappa shape index (κ2) is 12.2. The van der Waals surface area contributed by atoms with Gasteiger partial charge in [-0.15, -0.1) is 25.6 Å². The van der Waals surface area contributed by atoms with E-state index in [1.165, 1.54) is 0 Å². The van der Waals surface area contributed by atoms with E-state index in [4.69, 9.17) is 5.73 Å². The standard InChI is InChI=1S/C14H27N3O.ClH/c1-5-9-17(10-6-2)13(12(3)4)11-16-14(18)7-8-15;/h5-6,12-13H,1-2,7-11,15H2,3-4H3,(H,16,18);1H. The third kappa shape index (κ3) is 8.81. The Morgan fingerprint density at radius 1 is 1.32 bits per heavy atom. The number of hydrogen-bond donors (Lipinski definition) is 2. The number of hydrogen-bond acceptors (Lipinski definition) is 3. The number of nitrogens with two attached hydrogens (primary N) is 1. The lowest BCUT2D eigenvalue weighted by Gasteiger charge is -2.33. The molecule has 0 aliphatic rings. The molecule has 112 valence electrons. The Morgan fingerprint density at radius 3 is 2.21 bits per heavy atom. The lowest BCUT2D eigenvalue weighted by atomic mass is 10.0. The minimum atomic E-state index is 0. The summed E-state index contributed by atoms with van der Waals surface area (Å²) in [6.45, 7) is 14.5. The third-order valence-electron chi connectivity index (χ3n) is 2.85. The highest BCUT2D eigenvalue weighted by molar-refractivity contribution is 5.85. The summed E-state index contributed by atoms with van der Waals surface area (Å²) >= 11 is 0. The molecule has 1 unspecified atom stereocenters. The van der Waals surface area contributed by atoms with Gasteiger partial charge in [0.05, 0.1) is 0 Å². The Kier molecular flexibility index (Phi) is 13.2. The molecule has 5 heteroatoms. The SMILES string of the molecule is C=CCN(CC=C)C(CNC(=O)CCN)C(C)C.Cl. The number of carbonyl (C=O) groups is 1. The van der Waals surface area contributed by atoms with E-state index in [1.54, 1.807) is 0 Å². The summed E-state index contributed by atoms with van der Waals surface area (Å²) in [6, 6.07) is 0.280. The predicted octanol–water partition coefficient (Wildman–Crippen LogP) is 1.57. The van der Waals surface area contributed by atoms with Gasteiger partial charge in [0.25, 0.3) is 0 Å². The van der Waals surface area contributed by atoms with Gasteiger partial charge in [0.2, 0.25) is 5.91 Å². The molecule has 0 fully saturated rings. The van der Waals surface area contributed by atoms with Crippen molar-refractivity contribution < 1.29 is 4.79 Å². The summed E-state index contributed by atoms with van der Waals surface area (Å²) in [7, 11) is 0. The summed E-state index contributed by atoms with van der Waals surface area (Å²) < 4.78 is 0. The van der Waals surface area contributed by atoms with Crippen molar-refractivity contribution in [3.05, 3.63) is 25.3 Å². The van der Waals surface area contributed by atoms with Gasteiger partial charge in [0.1, 0.15) is 0 Å². The molecule has 0 aromatic rings. The van der Waals surface area contributed by atoms with Crippen LogP contribution in [0.5, 0.6) is 0 Å².